The lowest BCUT2D eigenvalue weighted by Gasteiger charge is -2.40. The smallest absolute Gasteiger partial charge is 0.282 e. The van der Waals surface area contributed by atoms with Gasteiger partial charge in [0.05, 0.1) is 19.7 Å². The fourth-order valence-electron chi connectivity index (χ4n) is 3.18. The van der Waals surface area contributed by atoms with Gasteiger partial charge in [0.1, 0.15) is 17.4 Å². The van der Waals surface area contributed by atoms with Crippen molar-refractivity contribution in [1.29, 1.82) is 0 Å². The first kappa shape index (κ1) is 22.2. The third kappa shape index (κ3) is 5.17. The van der Waals surface area contributed by atoms with E-state index >= 15 is 0 Å². The highest BCUT2D eigenvalue weighted by Gasteiger charge is 2.45. The van der Waals surface area contributed by atoms with Gasteiger partial charge in [-0.15, -0.1) is 0 Å². The summed E-state index contributed by atoms with van der Waals surface area (Å²) in [5, 5.41) is 2.77. The molecule has 7 nitrogen and oxygen atoms in total. The molecule has 0 aromatic carbocycles. The van der Waals surface area contributed by atoms with E-state index in [1.807, 2.05) is 20.8 Å². The predicted molar refractivity (Wildman–Crippen MR) is 109 cm³/mol. The van der Waals surface area contributed by atoms with Crippen LogP contribution in [0.2, 0.25) is 0 Å². The number of nitrogens with zero attached hydrogens (tertiary/aromatic N) is 3. The lowest BCUT2D eigenvalue weighted by atomic mass is 9.85. The predicted octanol–water partition coefficient (Wildman–Crippen LogP) is 2.56. The van der Waals surface area contributed by atoms with Crippen molar-refractivity contribution in [1.82, 2.24) is 15.2 Å². The van der Waals surface area contributed by atoms with Crippen molar-refractivity contribution in [3.05, 3.63) is 17.8 Å². The number of ether oxygens (including phenoxy) is 1. The van der Waals surface area contributed by atoms with E-state index in [1.165, 1.54) is 15.9 Å². The quantitative estimate of drug-likeness (QED) is 0.728. The van der Waals surface area contributed by atoms with Gasteiger partial charge in [-0.3, -0.25) is 9.59 Å². The maximum absolute atomic E-state index is 13.3. The molecule has 3 rings (SSSR count). The summed E-state index contributed by atoms with van der Waals surface area (Å²) in [4.78, 5) is 32.7. The van der Waals surface area contributed by atoms with Gasteiger partial charge >= 0.3 is 0 Å². The third-order valence-corrected chi connectivity index (χ3v) is 5.24. The Morgan fingerprint density at radius 1 is 1.30 bits per heavy atom. The molecule has 1 saturated carbocycles. The van der Waals surface area contributed by atoms with E-state index in [1.54, 1.807) is 20.2 Å². The Balaban J connectivity index is 1.80. The SMILES string of the molecule is CN(C)C(=O)C(NC(=O)c1ccc(N2CC(F)(F)C2)c(OCC2CC2)n1)C(C)(C)C. The van der Waals surface area contributed by atoms with Crippen LogP contribution in [0.3, 0.4) is 0 Å². The van der Waals surface area contributed by atoms with Crippen molar-refractivity contribution in [3.8, 4) is 5.88 Å². The minimum atomic E-state index is -2.73. The number of amides is 2. The summed E-state index contributed by atoms with van der Waals surface area (Å²) >= 11 is 0. The largest absolute Gasteiger partial charge is 0.476 e. The normalized spacial score (nSPS) is 19.0. The number of hydrogen-bond acceptors (Lipinski definition) is 5. The zero-order valence-electron chi connectivity index (χ0n) is 18.2. The van der Waals surface area contributed by atoms with Gasteiger partial charge in [0.25, 0.3) is 11.8 Å². The Kier molecular flexibility index (Phi) is 5.93. The van der Waals surface area contributed by atoms with Crippen LogP contribution >= 0.6 is 0 Å². The van der Waals surface area contributed by atoms with Crippen LogP contribution in [-0.2, 0) is 4.79 Å². The van der Waals surface area contributed by atoms with Gasteiger partial charge in [0.15, 0.2) is 0 Å². The number of nitrogens with one attached hydrogen (secondary N) is 1. The number of pyridine rings is 1. The maximum Gasteiger partial charge on any atom is 0.282 e. The van der Waals surface area contributed by atoms with Crippen LogP contribution in [0.4, 0.5) is 14.5 Å². The summed E-state index contributed by atoms with van der Waals surface area (Å²) in [6, 6.07) is 2.32. The molecule has 0 bridgehead atoms. The third-order valence-electron chi connectivity index (χ3n) is 5.24. The van der Waals surface area contributed by atoms with Crippen LogP contribution in [0.5, 0.6) is 5.88 Å². The summed E-state index contributed by atoms with van der Waals surface area (Å²) in [6.45, 7) is 5.24. The molecule has 2 amide bonds. The Labute approximate surface area is 175 Å². The molecule has 0 spiro atoms. The second kappa shape index (κ2) is 8.00. The molecule has 2 aliphatic rings. The second-order valence-electron chi connectivity index (χ2n) is 9.49. The van der Waals surface area contributed by atoms with Crippen LogP contribution in [0.15, 0.2) is 12.1 Å². The topological polar surface area (TPSA) is 74.8 Å². The molecule has 1 aromatic heterocycles. The van der Waals surface area contributed by atoms with Crippen molar-refractivity contribution in [3.63, 3.8) is 0 Å². The molecule has 2 heterocycles. The zero-order chi connectivity index (χ0) is 22.3. The van der Waals surface area contributed by atoms with Gasteiger partial charge in [-0.1, -0.05) is 20.8 Å². The van der Waals surface area contributed by atoms with Gasteiger partial charge in [0.2, 0.25) is 11.8 Å². The molecule has 9 heteroatoms. The minimum Gasteiger partial charge on any atom is -0.476 e. The first-order chi connectivity index (χ1) is 13.9. The van der Waals surface area contributed by atoms with E-state index in [4.69, 9.17) is 4.74 Å². The highest BCUT2D eigenvalue weighted by Crippen LogP contribution is 2.38. The van der Waals surface area contributed by atoms with Crippen LogP contribution in [0.25, 0.3) is 0 Å². The van der Waals surface area contributed by atoms with E-state index in [0.717, 1.165) is 12.8 Å². The number of carbonyl (C=O) groups is 2. The van der Waals surface area contributed by atoms with Crippen LogP contribution in [0, 0.1) is 11.3 Å². The number of aromatic nitrogens is 1. The fraction of sp³-hybridized carbons (Fsp3) is 0.667. The van der Waals surface area contributed by atoms with Gasteiger partial charge in [-0.05, 0) is 36.3 Å². The van der Waals surface area contributed by atoms with Gasteiger partial charge in [-0.25, -0.2) is 13.8 Å². The first-order valence-electron chi connectivity index (χ1n) is 10.2. The van der Waals surface area contributed by atoms with E-state index in [9.17, 15) is 18.4 Å². The number of carbonyl (C=O) groups excluding carboxylic acids is 2. The molecule has 1 aliphatic heterocycles. The summed E-state index contributed by atoms with van der Waals surface area (Å²) in [5.41, 5.74) is 0.0263. The van der Waals surface area contributed by atoms with Gasteiger partial charge in [-0.2, -0.15) is 0 Å². The molecule has 1 unspecified atom stereocenters. The Morgan fingerprint density at radius 3 is 2.43 bits per heavy atom. The molecule has 1 N–H and O–H groups in total. The molecule has 166 valence electrons. The molecule has 0 radical (unpaired) electrons. The van der Waals surface area contributed by atoms with Crippen molar-refractivity contribution in [2.45, 2.75) is 45.6 Å². The fourth-order valence-corrected chi connectivity index (χ4v) is 3.18. The van der Waals surface area contributed by atoms with E-state index in [2.05, 4.69) is 10.3 Å². The summed E-state index contributed by atoms with van der Waals surface area (Å²) in [6.07, 6.45) is 2.13. The highest BCUT2D eigenvalue weighted by atomic mass is 19.3. The van der Waals surface area contributed by atoms with E-state index < -0.39 is 36.4 Å². The number of hydrogen-bond donors (Lipinski definition) is 1. The van der Waals surface area contributed by atoms with Crippen molar-refractivity contribution in [2.75, 3.05) is 38.7 Å². The first-order valence-corrected chi connectivity index (χ1v) is 10.2. The summed E-state index contributed by atoms with van der Waals surface area (Å²) < 4.78 is 32.4. The van der Waals surface area contributed by atoms with Crippen molar-refractivity contribution in [2.24, 2.45) is 11.3 Å². The molecule has 1 saturated heterocycles. The Hall–Kier alpha value is -2.45. The highest BCUT2D eigenvalue weighted by molar-refractivity contribution is 5.96. The van der Waals surface area contributed by atoms with Crippen LogP contribution < -0.4 is 15.0 Å². The van der Waals surface area contributed by atoms with E-state index in [-0.39, 0.29) is 17.5 Å². The van der Waals surface area contributed by atoms with Gasteiger partial charge < -0.3 is 19.9 Å². The minimum absolute atomic E-state index is 0.0811. The maximum atomic E-state index is 13.3. The Bertz CT molecular complexity index is 811. The molecule has 1 aromatic rings. The average Bonchev–Trinajstić information content (AvgIpc) is 3.44. The second-order valence-corrected chi connectivity index (χ2v) is 9.49. The molecule has 1 aliphatic carbocycles. The standard InChI is InChI=1S/C21H30F2N4O3/c1-20(2,3)16(19(29)26(4)5)25-17(28)14-8-9-15(27-11-21(22,23)12-27)18(24-14)30-10-13-6-7-13/h8-9,13,16H,6-7,10-12H2,1-5H3,(H,25,28). The molecular formula is C21H30F2N4O3. The van der Waals surface area contributed by atoms with Crippen LogP contribution in [-0.4, -0.2) is 67.5 Å². The molecule has 1 atom stereocenters. The van der Waals surface area contributed by atoms with Crippen LogP contribution in [0.1, 0.15) is 44.1 Å². The zero-order valence-corrected chi connectivity index (χ0v) is 18.2. The lowest BCUT2D eigenvalue weighted by molar-refractivity contribution is -0.133. The summed E-state index contributed by atoms with van der Waals surface area (Å²) in [5.74, 6) is -2.84. The number of halogens is 2. The molecular weight excluding hydrogens is 394 g/mol. The molecule has 30 heavy (non-hydrogen) atoms. The number of alkyl halides is 2. The van der Waals surface area contributed by atoms with E-state index in [0.29, 0.717) is 18.2 Å². The lowest BCUT2D eigenvalue weighted by Crippen LogP contribution is -2.56. The van der Waals surface area contributed by atoms with Crippen molar-refractivity contribution >= 4 is 17.5 Å². The molecule has 2 fully saturated rings. The number of anilines is 1. The summed E-state index contributed by atoms with van der Waals surface area (Å²) in [7, 11) is 3.26. The number of likely N-dealkylation sites (N-methyl/N-ethyl adjacent to an activating group) is 1. The van der Waals surface area contributed by atoms with Gasteiger partial charge in [0, 0.05) is 14.1 Å². The average molecular weight is 424 g/mol. The Morgan fingerprint density at radius 2 is 1.93 bits per heavy atom. The monoisotopic (exact) mass is 424 g/mol. The van der Waals surface area contributed by atoms with Crippen molar-refractivity contribution < 1.29 is 23.1 Å². The number of rotatable bonds is 7.